The first-order valence-corrected chi connectivity index (χ1v) is 8.86. The number of rotatable bonds is 4. The van der Waals surface area contributed by atoms with Crippen LogP contribution in [0.4, 0.5) is 0 Å². The van der Waals surface area contributed by atoms with Gasteiger partial charge >= 0.3 is 0 Å². The van der Waals surface area contributed by atoms with Crippen molar-refractivity contribution in [2.24, 2.45) is 0 Å². The molecule has 0 amide bonds. The smallest absolute Gasteiger partial charge is 0.212 e. The fraction of sp³-hybridized carbons (Fsp3) is 0.636. The van der Waals surface area contributed by atoms with E-state index in [9.17, 15) is 8.42 Å². The first kappa shape index (κ1) is 13.5. The van der Waals surface area contributed by atoms with Crippen LogP contribution in [0.2, 0.25) is 0 Å². The van der Waals surface area contributed by atoms with Gasteiger partial charge in [0.15, 0.2) is 0 Å². The molecule has 3 nitrogen and oxygen atoms in total. The SMILES string of the molecule is CN(Cc1cc(Br)cs1)S(=O)(=O)C1CCCC1. The molecule has 0 atom stereocenters. The molecule has 0 bridgehead atoms. The molecule has 0 aromatic carbocycles. The van der Waals surface area contributed by atoms with Crippen LogP contribution in [-0.2, 0) is 16.6 Å². The van der Waals surface area contributed by atoms with E-state index in [4.69, 9.17) is 0 Å². The van der Waals surface area contributed by atoms with E-state index in [2.05, 4.69) is 15.9 Å². The minimum absolute atomic E-state index is 0.157. The minimum atomic E-state index is -3.10. The van der Waals surface area contributed by atoms with Gasteiger partial charge in [-0.1, -0.05) is 12.8 Å². The molecule has 1 aromatic rings. The van der Waals surface area contributed by atoms with Crippen LogP contribution in [0.3, 0.4) is 0 Å². The Morgan fingerprint density at radius 1 is 1.47 bits per heavy atom. The molecule has 1 heterocycles. The number of halogens is 1. The zero-order valence-electron chi connectivity index (χ0n) is 9.73. The maximum atomic E-state index is 12.3. The Hall–Kier alpha value is 0.0900. The molecule has 0 saturated heterocycles. The molecule has 1 aliphatic carbocycles. The lowest BCUT2D eigenvalue weighted by Crippen LogP contribution is -2.34. The van der Waals surface area contributed by atoms with Crippen LogP contribution in [0, 0.1) is 0 Å². The van der Waals surface area contributed by atoms with Gasteiger partial charge in [-0.3, -0.25) is 0 Å². The average Bonchev–Trinajstić information content (AvgIpc) is 2.89. The van der Waals surface area contributed by atoms with Crippen molar-refractivity contribution in [3.05, 3.63) is 20.8 Å². The van der Waals surface area contributed by atoms with Crippen molar-refractivity contribution < 1.29 is 8.42 Å². The van der Waals surface area contributed by atoms with Gasteiger partial charge in [0.2, 0.25) is 10.0 Å². The molecule has 96 valence electrons. The Labute approximate surface area is 115 Å². The van der Waals surface area contributed by atoms with Crippen molar-refractivity contribution in [1.82, 2.24) is 4.31 Å². The van der Waals surface area contributed by atoms with E-state index in [1.54, 1.807) is 18.4 Å². The van der Waals surface area contributed by atoms with Crippen LogP contribution < -0.4 is 0 Å². The molecule has 2 rings (SSSR count). The van der Waals surface area contributed by atoms with Gasteiger partial charge in [-0.2, -0.15) is 4.31 Å². The molecule has 0 aliphatic heterocycles. The summed E-state index contributed by atoms with van der Waals surface area (Å²) in [6.45, 7) is 0.481. The average molecular weight is 338 g/mol. The number of sulfonamides is 1. The molecular formula is C11H16BrNO2S2. The van der Waals surface area contributed by atoms with Crippen molar-refractivity contribution in [3.8, 4) is 0 Å². The van der Waals surface area contributed by atoms with Crippen molar-refractivity contribution in [2.75, 3.05) is 7.05 Å². The lowest BCUT2D eigenvalue weighted by atomic mass is 10.4. The molecule has 1 fully saturated rings. The van der Waals surface area contributed by atoms with E-state index in [-0.39, 0.29) is 5.25 Å². The fourth-order valence-electron chi connectivity index (χ4n) is 2.19. The van der Waals surface area contributed by atoms with Crippen molar-refractivity contribution >= 4 is 37.3 Å². The molecule has 1 saturated carbocycles. The van der Waals surface area contributed by atoms with Crippen molar-refractivity contribution in [2.45, 2.75) is 37.5 Å². The van der Waals surface area contributed by atoms with Gasteiger partial charge in [-0.15, -0.1) is 11.3 Å². The Bertz CT molecular complexity index is 477. The van der Waals surface area contributed by atoms with E-state index in [1.165, 1.54) is 4.31 Å². The van der Waals surface area contributed by atoms with Crippen LogP contribution in [0.1, 0.15) is 30.6 Å². The van der Waals surface area contributed by atoms with Crippen molar-refractivity contribution in [1.29, 1.82) is 0 Å². The predicted molar refractivity (Wildman–Crippen MR) is 74.7 cm³/mol. The van der Waals surface area contributed by atoms with Gasteiger partial charge in [0, 0.05) is 28.3 Å². The maximum absolute atomic E-state index is 12.3. The Balaban J connectivity index is 2.06. The van der Waals surface area contributed by atoms with Gasteiger partial charge < -0.3 is 0 Å². The molecule has 1 aromatic heterocycles. The normalized spacial score (nSPS) is 18.1. The summed E-state index contributed by atoms with van der Waals surface area (Å²) in [5.74, 6) is 0. The van der Waals surface area contributed by atoms with Crippen LogP contribution in [0.25, 0.3) is 0 Å². The zero-order valence-corrected chi connectivity index (χ0v) is 12.9. The number of thiophene rings is 1. The highest BCUT2D eigenvalue weighted by Gasteiger charge is 2.32. The largest absolute Gasteiger partial charge is 0.217 e. The van der Waals surface area contributed by atoms with Crippen LogP contribution in [0.15, 0.2) is 15.9 Å². The van der Waals surface area contributed by atoms with Crippen LogP contribution >= 0.6 is 27.3 Å². The second kappa shape index (κ2) is 5.38. The third-order valence-corrected chi connectivity index (χ3v) is 7.15. The monoisotopic (exact) mass is 337 g/mol. The molecule has 6 heteroatoms. The highest BCUT2D eigenvalue weighted by atomic mass is 79.9. The molecule has 17 heavy (non-hydrogen) atoms. The molecule has 0 unspecified atom stereocenters. The third kappa shape index (κ3) is 3.10. The summed E-state index contributed by atoms with van der Waals surface area (Å²) in [5.41, 5.74) is 0. The molecule has 1 aliphatic rings. The standard InChI is InChI=1S/C11H16BrNO2S2/c1-13(7-10-6-9(12)8-16-10)17(14,15)11-4-2-3-5-11/h6,8,11H,2-5,7H2,1H3. The number of hydrogen-bond acceptors (Lipinski definition) is 3. The van der Waals surface area contributed by atoms with Gasteiger partial charge in [-0.25, -0.2) is 8.42 Å². The van der Waals surface area contributed by atoms with Crippen molar-refractivity contribution in [3.63, 3.8) is 0 Å². The number of nitrogens with zero attached hydrogens (tertiary/aromatic N) is 1. The summed E-state index contributed by atoms with van der Waals surface area (Å²) >= 11 is 4.96. The quantitative estimate of drug-likeness (QED) is 0.845. The Morgan fingerprint density at radius 2 is 2.12 bits per heavy atom. The highest BCUT2D eigenvalue weighted by Crippen LogP contribution is 2.28. The summed E-state index contributed by atoms with van der Waals surface area (Å²) < 4.78 is 27.0. The highest BCUT2D eigenvalue weighted by molar-refractivity contribution is 9.10. The first-order chi connectivity index (χ1) is 8.00. The number of hydrogen-bond donors (Lipinski definition) is 0. The van der Waals surface area contributed by atoms with Gasteiger partial charge in [0.25, 0.3) is 0 Å². The first-order valence-electron chi connectivity index (χ1n) is 5.68. The van der Waals surface area contributed by atoms with Crippen LogP contribution in [0.5, 0.6) is 0 Å². The molecule has 0 N–H and O–H groups in total. The fourth-order valence-corrected chi connectivity index (χ4v) is 5.53. The zero-order chi connectivity index (χ0) is 12.5. The Morgan fingerprint density at radius 3 is 2.65 bits per heavy atom. The Kier molecular flexibility index (Phi) is 4.28. The van der Waals surface area contributed by atoms with E-state index < -0.39 is 10.0 Å². The summed E-state index contributed by atoms with van der Waals surface area (Å²) in [6.07, 6.45) is 3.73. The van der Waals surface area contributed by atoms with Gasteiger partial charge in [0.1, 0.15) is 0 Å². The lowest BCUT2D eigenvalue weighted by molar-refractivity contribution is 0.457. The second-order valence-corrected chi connectivity index (χ2v) is 8.67. The summed E-state index contributed by atoms with van der Waals surface area (Å²) in [5, 5.41) is 1.82. The van der Waals surface area contributed by atoms with Gasteiger partial charge in [0.05, 0.1) is 5.25 Å². The minimum Gasteiger partial charge on any atom is -0.212 e. The van der Waals surface area contributed by atoms with Gasteiger partial charge in [-0.05, 0) is 34.8 Å². The maximum Gasteiger partial charge on any atom is 0.217 e. The summed E-state index contributed by atoms with van der Waals surface area (Å²) in [6, 6.07) is 1.98. The molecular weight excluding hydrogens is 322 g/mol. The van der Waals surface area contributed by atoms with E-state index in [0.29, 0.717) is 6.54 Å². The van der Waals surface area contributed by atoms with Crippen LogP contribution in [-0.4, -0.2) is 25.0 Å². The topological polar surface area (TPSA) is 37.4 Å². The van der Waals surface area contributed by atoms with E-state index in [0.717, 1.165) is 35.0 Å². The summed E-state index contributed by atoms with van der Waals surface area (Å²) in [7, 11) is -1.42. The predicted octanol–water partition coefficient (Wildman–Crippen LogP) is 3.21. The molecule has 0 spiro atoms. The van der Waals surface area contributed by atoms with E-state index >= 15 is 0 Å². The second-order valence-electron chi connectivity index (χ2n) is 4.44. The third-order valence-electron chi connectivity index (χ3n) is 3.16. The van der Waals surface area contributed by atoms with E-state index in [1.807, 2.05) is 11.4 Å². The lowest BCUT2D eigenvalue weighted by Gasteiger charge is -2.20. The summed E-state index contributed by atoms with van der Waals surface area (Å²) in [4.78, 5) is 1.07. The molecule has 0 radical (unpaired) electrons.